The maximum atomic E-state index is 13.4. The number of sulfonamides is 2. The normalized spacial score (nSPS) is 17.8. The molecule has 1 amide bonds. The zero-order chi connectivity index (χ0) is 28.9. The molecule has 2 aliphatic rings. The van der Waals surface area contributed by atoms with Crippen LogP contribution in [0, 0.1) is 0 Å². The molecule has 1 N–H and O–H groups in total. The van der Waals surface area contributed by atoms with Crippen molar-refractivity contribution in [2.45, 2.75) is 16.8 Å². The van der Waals surface area contributed by atoms with Crippen LogP contribution in [-0.2, 0) is 35.3 Å². The fourth-order valence-corrected chi connectivity index (χ4v) is 7.56. The van der Waals surface area contributed by atoms with Crippen molar-refractivity contribution in [1.29, 1.82) is 0 Å². The summed E-state index contributed by atoms with van der Waals surface area (Å²) in [4.78, 5) is 13.1. The summed E-state index contributed by atoms with van der Waals surface area (Å²) in [6.07, 6.45) is -1.06. The van der Waals surface area contributed by atoms with Gasteiger partial charge in [0, 0.05) is 13.1 Å². The van der Waals surface area contributed by atoms with Crippen LogP contribution in [0.2, 0.25) is 0 Å². The molecule has 0 unspecified atom stereocenters. The number of fused-ring (bicyclic) bond motifs is 1. The van der Waals surface area contributed by atoms with Gasteiger partial charge in [-0.3, -0.25) is 9.10 Å². The third-order valence-corrected chi connectivity index (χ3v) is 10.3. The molecule has 0 spiro atoms. The summed E-state index contributed by atoms with van der Waals surface area (Å²) in [5.74, 6) is 0.0618. The van der Waals surface area contributed by atoms with Crippen LogP contribution < -0.4 is 19.1 Å². The molecule has 0 radical (unpaired) electrons. The van der Waals surface area contributed by atoms with Gasteiger partial charge < -0.3 is 19.5 Å². The van der Waals surface area contributed by atoms with E-state index in [9.17, 15) is 21.6 Å². The number of hydrogen-bond donors (Lipinski definition) is 1. The Morgan fingerprint density at radius 2 is 1.59 bits per heavy atom. The maximum absolute atomic E-state index is 13.4. The second-order valence-electron chi connectivity index (χ2n) is 9.47. The molecule has 5 rings (SSSR count). The Morgan fingerprint density at radius 3 is 2.32 bits per heavy atom. The van der Waals surface area contributed by atoms with E-state index in [1.54, 1.807) is 60.7 Å². The quantitative estimate of drug-likeness (QED) is 0.349. The standard InChI is InChI=1S/C28H31N3O8S2/c32-28(29-14-17-38-23-10-12-24(13-11-23)41(35,36)30-15-18-37-19-16-30)27-20-31(25-8-4-5-9-26(25)39-27)40(33,34)21-22-6-2-1-3-7-22/h1-13,27H,14-21H2,(H,29,32)/t27-/m1/s1. The number of nitrogens with one attached hydrogen (secondary N) is 1. The lowest BCUT2D eigenvalue weighted by Crippen LogP contribution is -2.51. The molecular formula is C28H31N3O8S2. The zero-order valence-corrected chi connectivity index (χ0v) is 23.8. The Labute approximate surface area is 239 Å². The lowest BCUT2D eigenvalue weighted by Gasteiger charge is -2.34. The van der Waals surface area contributed by atoms with E-state index in [0.29, 0.717) is 49.1 Å². The number of morpholine rings is 1. The van der Waals surface area contributed by atoms with E-state index in [1.807, 2.05) is 6.07 Å². The molecule has 1 saturated heterocycles. The van der Waals surface area contributed by atoms with Crippen molar-refractivity contribution < 1.29 is 35.8 Å². The first kappa shape index (κ1) is 28.9. The van der Waals surface area contributed by atoms with Crippen molar-refractivity contribution in [2.24, 2.45) is 0 Å². The maximum Gasteiger partial charge on any atom is 0.263 e. The summed E-state index contributed by atoms with van der Waals surface area (Å²) >= 11 is 0. The first-order valence-electron chi connectivity index (χ1n) is 13.1. The molecule has 0 bridgehead atoms. The number of anilines is 1. The number of nitrogens with zero attached hydrogens (tertiary/aromatic N) is 2. The van der Waals surface area contributed by atoms with Gasteiger partial charge in [-0.2, -0.15) is 4.31 Å². The minimum Gasteiger partial charge on any atom is -0.492 e. The highest BCUT2D eigenvalue weighted by Gasteiger charge is 2.36. The molecule has 0 aliphatic carbocycles. The number of hydrogen-bond acceptors (Lipinski definition) is 8. The number of ether oxygens (including phenoxy) is 3. The van der Waals surface area contributed by atoms with Crippen molar-refractivity contribution in [3.63, 3.8) is 0 Å². The van der Waals surface area contributed by atoms with Crippen LogP contribution in [0.3, 0.4) is 0 Å². The highest BCUT2D eigenvalue weighted by Crippen LogP contribution is 2.35. The monoisotopic (exact) mass is 601 g/mol. The summed E-state index contributed by atoms with van der Waals surface area (Å²) in [5, 5.41) is 2.73. The van der Waals surface area contributed by atoms with Gasteiger partial charge in [0.05, 0.1) is 42.6 Å². The third-order valence-electron chi connectivity index (χ3n) is 6.66. The Hall–Kier alpha value is -3.65. The van der Waals surface area contributed by atoms with Gasteiger partial charge in [-0.25, -0.2) is 16.8 Å². The summed E-state index contributed by atoms with van der Waals surface area (Å²) in [6.45, 7) is 1.43. The molecule has 2 aliphatic heterocycles. The predicted octanol–water partition coefficient (Wildman–Crippen LogP) is 2.00. The van der Waals surface area contributed by atoms with E-state index in [4.69, 9.17) is 14.2 Å². The summed E-state index contributed by atoms with van der Waals surface area (Å²) < 4.78 is 71.6. The largest absolute Gasteiger partial charge is 0.492 e. The summed E-state index contributed by atoms with van der Waals surface area (Å²) in [6, 6.07) is 21.7. The molecule has 11 nitrogen and oxygen atoms in total. The molecule has 3 aromatic rings. The zero-order valence-electron chi connectivity index (χ0n) is 22.2. The molecule has 0 aromatic heterocycles. The SMILES string of the molecule is O=C(NCCOc1ccc(S(=O)(=O)N2CCOCC2)cc1)[C@H]1CN(S(=O)(=O)Cc2ccccc2)c2ccccc2O1. The van der Waals surface area contributed by atoms with Crippen molar-refractivity contribution in [2.75, 3.05) is 50.3 Å². The molecule has 2 heterocycles. The van der Waals surface area contributed by atoms with Gasteiger partial charge >= 0.3 is 0 Å². The van der Waals surface area contributed by atoms with Gasteiger partial charge in [-0.05, 0) is 42.0 Å². The Bertz CT molecular complexity index is 1560. The van der Waals surface area contributed by atoms with Crippen LogP contribution in [0.25, 0.3) is 0 Å². The highest BCUT2D eigenvalue weighted by atomic mass is 32.2. The first-order chi connectivity index (χ1) is 19.7. The fourth-order valence-electron chi connectivity index (χ4n) is 4.57. The molecular weight excluding hydrogens is 570 g/mol. The van der Waals surface area contributed by atoms with Crippen LogP contribution in [0.1, 0.15) is 5.56 Å². The average Bonchev–Trinajstić information content (AvgIpc) is 2.99. The van der Waals surface area contributed by atoms with Crippen LogP contribution >= 0.6 is 0 Å². The molecule has 41 heavy (non-hydrogen) atoms. The number of para-hydroxylation sites is 2. The molecule has 3 aromatic carbocycles. The van der Waals surface area contributed by atoms with Crippen LogP contribution in [0.4, 0.5) is 5.69 Å². The number of carbonyl (C=O) groups is 1. The van der Waals surface area contributed by atoms with Gasteiger partial charge in [0.25, 0.3) is 5.91 Å². The second-order valence-corrected chi connectivity index (χ2v) is 13.3. The topological polar surface area (TPSA) is 132 Å². The van der Waals surface area contributed by atoms with Crippen LogP contribution in [-0.4, -0.2) is 79.2 Å². The van der Waals surface area contributed by atoms with E-state index in [2.05, 4.69) is 5.32 Å². The lowest BCUT2D eigenvalue weighted by atomic mass is 10.2. The van der Waals surface area contributed by atoms with Gasteiger partial charge in [-0.15, -0.1) is 0 Å². The number of amides is 1. The Morgan fingerprint density at radius 1 is 0.902 bits per heavy atom. The number of benzene rings is 3. The minimum atomic E-state index is -3.80. The fraction of sp³-hybridized carbons (Fsp3) is 0.321. The molecule has 0 saturated carbocycles. The third kappa shape index (κ3) is 6.81. The highest BCUT2D eigenvalue weighted by molar-refractivity contribution is 7.92. The minimum absolute atomic E-state index is 0.112. The van der Waals surface area contributed by atoms with Gasteiger partial charge in [0.15, 0.2) is 6.10 Å². The number of carbonyl (C=O) groups excluding carboxylic acids is 1. The van der Waals surface area contributed by atoms with E-state index in [1.165, 1.54) is 20.7 Å². The first-order valence-corrected chi connectivity index (χ1v) is 16.2. The van der Waals surface area contributed by atoms with Crippen molar-refractivity contribution in [3.8, 4) is 11.5 Å². The average molecular weight is 602 g/mol. The molecule has 218 valence electrons. The Balaban J connectivity index is 1.16. The van der Waals surface area contributed by atoms with E-state index >= 15 is 0 Å². The smallest absolute Gasteiger partial charge is 0.263 e. The summed E-state index contributed by atoms with van der Waals surface area (Å²) in [7, 11) is -7.40. The van der Waals surface area contributed by atoms with Gasteiger partial charge in [0.1, 0.15) is 18.1 Å². The molecule has 1 fully saturated rings. The van der Waals surface area contributed by atoms with Crippen molar-refractivity contribution in [1.82, 2.24) is 9.62 Å². The van der Waals surface area contributed by atoms with Crippen molar-refractivity contribution >= 4 is 31.6 Å². The summed E-state index contributed by atoms with van der Waals surface area (Å²) in [5.41, 5.74) is 1.02. The Kier molecular flexibility index (Phi) is 8.78. The van der Waals surface area contributed by atoms with E-state index < -0.39 is 32.1 Å². The second kappa shape index (κ2) is 12.5. The van der Waals surface area contributed by atoms with Gasteiger partial charge in [-0.1, -0.05) is 42.5 Å². The number of rotatable bonds is 10. The van der Waals surface area contributed by atoms with E-state index in [0.717, 1.165) is 0 Å². The van der Waals surface area contributed by atoms with Gasteiger partial charge in [0.2, 0.25) is 20.0 Å². The van der Waals surface area contributed by atoms with E-state index in [-0.39, 0.29) is 30.3 Å². The molecule has 1 atom stereocenters. The predicted molar refractivity (Wildman–Crippen MR) is 152 cm³/mol. The lowest BCUT2D eigenvalue weighted by molar-refractivity contribution is -0.127. The molecule has 13 heteroatoms. The van der Waals surface area contributed by atoms with Crippen LogP contribution in [0.15, 0.2) is 83.8 Å². The van der Waals surface area contributed by atoms with Crippen LogP contribution in [0.5, 0.6) is 11.5 Å². The van der Waals surface area contributed by atoms with Crippen molar-refractivity contribution in [3.05, 3.63) is 84.4 Å².